The summed E-state index contributed by atoms with van der Waals surface area (Å²) < 4.78 is 11.9. The lowest BCUT2D eigenvalue weighted by Gasteiger charge is -2.13. The molecule has 0 unspecified atom stereocenters. The van der Waals surface area contributed by atoms with Crippen molar-refractivity contribution in [3.05, 3.63) is 112 Å². The number of nitrogens with one attached hydrogen (secondary N) is 1. The average Bonchev–Trinajstić information content (AvgIpc) is 3.26. The molecular formula is C30H23ClN2O4S. The molecule has 1 fully saturated rings. The summed E-state index contributed by atoms with van der Waals surface area (Å²) in [6.45, 7) is 2.76. The molecule has 4 aromatic carbocycles. The molecule has 0 spiro atoms. The lowest BCUT2D eigenvalue weighted by atomic mass is 10.1. The van der Waals surface area contributed by atoms with Gasteiger partial charge in [-0.3, -0.25) is 9.59 Å². The zero-order chi connectivity index (χ0) is 26.5. The van der Waals surface area contributed by atoms with E-state index in [0.717, 1.165) is 28.3 Å². The van der Waals surface area contributed by atoms with E-state index in [4.69, 9.17) is 21.1 Å². The van der Waals surface area contributed by atoms with Gasteiger partial charge >= 0.3 is 0 Å². The van der Waals surface area contributed by atoms with Gasteiger partial charge in [-0.15, -0.1) is 0 Å². The van der Waals surface area contributed by atoms with Crippen LogP contribution in [0, 0.1) is 0 Å². The van der Waals surface area contributed by atoms with E-state index in [-0.39, 0.29) is 11.1 Å². The van der Waals surface area contributed by atoms with Crippen molar-refractivity contribution in [3.8, 4) is 11.5 Å². The van der Waals surface area contributed by atoms with Gasteiger partial charge < -0.3 is 14.8 Å². The van der Waals surface area contributed by atoms with Gasteiger partial charge in [-0.2, -0.15) is 4.99 Å². The summed E-state index contributed by atoms with van der Waals surface area (Å²) in [5.74, 6) is 0.406. The van der Waals surface area contributed by atoms with Crippen molar-refractivity contribution in [1.82, 2.24) is 5.32 Å². The molecule has 38 heavy (non-hydrogen) atoms. The molecule has 1 aliphatic heterocycles. The van der Waals surface area contributed by atoms with Gasteiger partial charge in [0, 0.05) is 10.6 Å². The summed E-state index contributed by atoms with van der Waals surface area (Å²) in [5.41, 5.74) is 2.19. The smallest absolute Gasteiger partial charge is 0.279 e. The van der Waals surface area contributed by atoms with Crippen molar-refractivity contribution in [2.75, 3.05) is 6.61 Å². The largest absolute Gasteiger partial charge is 0.490 e. The molecule has 0 aliphatic carbocycles. The third-order valence-electron chi connectivity index (χ3n) is 5.72. The van der Waals surface area contributed by atoms with E-state index in [2.05, 4.69) is 34.6 Å². The minimum atomic E-state index is -0.461. The number of halogens is 1. The minimum absolute atomic E-state index is 0.224. The van der Waals surface area contributed by atoms with E-state index in [9.17, 15) is 9.59 Å². The van der Waals surface area contributed by atoms with Gasteiger partial charge in [0.1, 0.15) is 6.61 Å². The summed E-state index contributed by atoms with van der Waals surface area (Å²) in [7, 11) is 0. The van der Waals surface area contributed by atoms with Crippen molar-refractivity contribution in [3.63, 3.8) is 0 Å². The molecule has 0 aromatic heterocycles. The summed E-state index contributed by atoms with van der Waals surface area (Å²) >= 11 is 6.98. The Morgan fingerprint density at radius 1 is 0.947 bits per heavy atom. The number of carbonyl (C=O) groups is 2. The number of ether oxygens (including phenoxy) is 2. The third-order valence-corrected chi connectivity index (χ3v) is 6.88. The molecule has 5 rings (SSSR count). The Kier molecular flexibility index (Phi) is 7.77. The van der Waals surface area contributed by atoms with Crippen LogP contribution in [0.5, 0.6) is 11.5 Å². The normalized spacial score (nSPS) is 15.2. The fourth-order valence-electron chi connectivity index (χ4n) is 3.87. The number of aliphatic imine (C=N–C) groups is 1. The van der Waals surface area contributed by atoms with Crippen LogP contribution in [0.3, 0.4) is 0 Å². The van der Waals surface area contributed by atoms with Gasteiger partial charge in [0.15, 0.2) is 16.7 Å². The Balaban J connectivity index is 1.30. The zero-order valence-electron chi connectivity index (χ0n) is 20.4. The highest BCUT2D eigenvalue weighted by atomic mass is 35.5. The number of thioether (sulfide) groups is 1. The second-order valence-electron chi connectivity index (χ2n) is 8.40. The molecule has 0 atom stereocenters. The predicted octanol–water partition coefficient (Wildman–Crippen LogP) is 6.87. The molecule has 190 valence electrons. The first-order chi connectivity index (χ1) is 18.5. The number of amides is 2. The highest BCUT2D eigenvalue weighted by Gasteiger charge is 2.25. The highest BCUT2D eigenvalue weighted by molar-refractivity contribution is 8.18. The van der Waals surface area contributed by atoms with Crippen LogP contribution >= 0.6 is 23.4 Å². The van der Waals surface area contributed by atoms with E-state index in [1.165, 1.54) is 5.39 Å². The van der Waals surface area contributed by atoms with E-state index in [1.54, 1.807) is 30.3 Å². The molecule has 0 saturated carbocycles. The maximum Gasteiger partial charge on any atom is 0.279 e. The predicted molar refractivity (Wildman–Crippen MR) is 153 cm³/mol. The summed E-state index contributed by atoms with van der Waals surface area (Å²) in [6.07, 6.45) is 1.73. The summed E-state index contributed by atoms with van der Waals surface area (Å²) in [6, 6.07) is 26.4. The molecule has 1 aliphatic rings. The molecular weight excluding hydrogens is 520 g/mol. The third kappa shape index (κ3) is 6.07. The monoisotopic (exact) mass is 542 g/mol. The van der Waals surface area contributed by atoms with Crippen LogP contribution < -0.4 is 14.8 Å². The summed E-state index contributed by atoms with van der Waals surface area (Å²) in [5, 5.41) is 5.73. The maximum atomic E-state index is 12.5. The van der Waals surface area contributed by atoms with Gasteiger partial charge in [-0.05, 0) is 89.1 Å². The van der Waals surface area contributed by atoms with Gasteiger partial charge in [0.2, 0.25) is 0 Å². The van der Waals surface area contributed by atoms with Gasteiger partial charge in [0.05, 0.1) is 11.5 Å². The van der Waals surface area contributed by atoms with Crippen LogP contribution in [0.1, 0.15) is 28.4 Å². The molecule has 4 aromatic rings. The van der Waals surface area contributed by atoms with Gasteiger partial charge in [0.25, 0.3) is 11.8 Å². The Morgan fingerprint density at radius 2 is 1.74 bits per heavy atom. The Hall–Kier alpha value is -4.07. The van der Waals surface area contributed by atoms with Crippen molar-refractivity contribution >= 4 is 57.2 Å². The second-order valence-corrected chi connectivity index (χ2v) is 9.87. The Labute approximate surface area is 229 Å². The Bertz CT molecular complexity index is 1580. The van der Waals surface area contributed by atoms with E-state index in [0.29, 0.717) is 40.2 Å². The number of benzene rings is 4. The van der Waals surface area contributed by atoms with Crippen molar-refractivity contribution in [1.29, 1.82) is 0 Å². The van der Waals surface area contributed by atoms with Crippen molar-refractivity contribution in [2.45, 2.75) is 13.5 Å². The van der Waals surface area contributed by atoms with E-state index in [1.807, 2.05) is 43.3 Å². The lowest BCUT2D eigenvalue weighted by molar-refractivity contribution is -0.115. The van der Waals surface area contributed by atoms with Gasteiger partial charge in [-0.25, -0.2) is 0 Å². The number of carbonyl (C=O) groups excluding carboxylic acids is 2. The molecule has 0 bridgehead atoms. The number of hydrogen-bond donors (Lipinski definition) is 1. The second kappa shape index (κ2) is 11.5. The van der Waals surface area contributed by atoms with E-state index < -0.39 is 5.91 Å². The van der Waals surface area contributed by atoms with Crippen molar-refractivity contribution in [2.24, 2.45) is 4.99 Å². The molecule has 1 saturated heterocycles. The lowest BCUT2D eigenvalue weighted by Crippen LogP contribution is -2.20. The van der Waals surface area contributed by atoms with Crippen LogP contribution in [0.25, 0.3) is 16.8 Å². The molecule has 8 heteroatoms. The highest BCUT2D eigenvalue weighted by Crippen LogP contribution is 2.33. The zero-order valence-corrected chi connectivity index (χ0v) is 22.0. The number of hydrogen-bond acceptors (Lipinski definition) is 5. The van der Waals surface area contributed by atoms with Crippen LogP contribution in [0.15, 0.2) is 94.8 Å². The number of fused-ring (bicyclic) bond motifs is 1. The number of nitrogens with zero attached hydrogens (tertiary/aromatic N) is 1. The first-order valence-electron chi connectivity index (χ1n) is 12.0. The topological polar surface area (TPSA) is 77.0 Å². The number of rotatable bonds is 7. The molecule has 6 nitrogen and oxygen atoms in total. The summed E-state index contributed by atoms with van der Waals surface area (Å²) in [4.78, 5) is 29.4. The molecule has 2 amide bonds. The molecule has 1 heterocycles. The van der Waals surface area contributed by atoms with Crippen LogP contribution in [-0.2, 0) is 11.4 Å². The standard InChI is InChI=1S/C30H23ClN2O4S/c1-2-36-26-16-19(8-14-25(26)37-18-20-7-9-21-5-3-4-6-23(21)15-20)17-27-29(35)33-30(38-27)32-28(34)22-10-12-24(31)13-11-22/h3-17H,2,18H2,1H3,(H,32,33,34,35)/b27-17-. The maximum absolute atomic E-state index is 12.5. The van der Waals surface area contributed by atoms with Gasteiger partial charge in [-0.1, -0.05) is 54.1 Å². The van der Waals surface area contributed by atoms with Crippen molar-refractivity contribution < 1.29 is 19.1 Å². The fourth-order valence-corrected chi connectivity index (χ4v) is 4.82. The quantitative estimate of drug-likeness (QED) is 0.258. The first-order valence-corrected chi connectivity index (χ1v) is 13.1. The number of amidine groups is 1. The Morgan fingerprint density at radius 3 is 2.53 bits per heavy atom. The minimum Gasteiger partial charge on any atom is -0.490 e. The average molecular weight is 543 g/mol. The van der Waals surface area contributed by atoms with E-state index >= 15 is 0 Å². The molecule has 1 N–H and O–H groups in total. The fraction of sp³-hybridized carbons (Fsp3) is 0.100. The van der Waals surface area contributed by atoms with Crippen LogP contribution in [0.4, 0.5) is 0 Å². The molecule has 0 radical (unpaired) electrons. The van der Waals surface area contributed by atoms with Crippen LogP contribution in [-0.4, -0.2) is 23.6 Å². The van der Waals surface area contributed by atoms with Crippen LogP contribution in [0.2, 0.25) is 5.02 Å². The SMILES string of the molecule is CCOc1cc(/C=C2\SC(=NC(=O)c3ccc(Cl)cc3)NC2=O)ccc1OCc1ccc2ccccc2c1. The first kappa shape index (κ1) is 25.6.